The molecule has 2 heterocycles. The summed E-state index contributed by atoms with van der Waals surface area (Å²) >= 11 is 0. The predicted molar refractivity (Wildman–Crippen MR) is 57.1 cm³/mol. The molecule has 0 bridgehead atoms. The Hall–Kier alpha value is -1.46. The second kappa shape index (κ2) is 3.26. The van der Waals surface area contributed by atoms with Crippen molar-refractivity contribution in [3.63, 3.8) is 0 Å². The molecule has 2 aliphatic rings. The van der Waals surface area contributed by atoms with Crippen molar-refractivity contribution >= 4 is 12.1 Å². The first-order chi connectivity index (χ1) is 7.30. The van der Waals surface area contributed by atoms with Gasteiger partial charge in [0.1, 0.15) is 5.60 Å². The van der Waals surface area contributed by atoms with Crippen LogP contribution in [0.3, 0.4) is 0 Å². The number of hydrogen-bond acceptors (Lipinski definition) is 3. The molecule has 1 spiro atoms. The van der Waals surface area contributed by atoms with Gasteiger partial charge in [0.05, 0.1) is 18.6 Å². The average Bonchev–Trinajstić information content (AvgIpc) is 2.41. The molecule has 6 nitrogen and oxygen atoms in total. The van der Waals surface area contributed by atoms with E-state index in [0.29, 0.717) is 19.6 Å². The highest BCUT2D eigenvalue weighted by molar-refractivity contribution is 5.79. The smallest absolute Gasteiger partial charge is 0.410 e. The minimum Gasteiger partial charge on any atom is -0.444 e. The van der Waals surface area contributed by atoms with E-state index in [1.807, 2.05) is 20.8 Å². The number of carbonyl (C=O) groups is 2. The van der Waals surface area contributed by atoms with Crippen LogP contribution in [0.1, 0.15) is 20.8 Å². The van der Waals surface area contributed by atoms with Crippen molar-refractivity contribution in [3.8, 4) is 0 Å². The zero-order valence-corrected chi connectivity index (χ0v) is 9.79. The SMILES string of the molecule is CC(C)(C)OC(=O)N1CC2(CNC(=O)N2)C1. The van der Waals surface area contributed by atoms with Crippen molar-refractivity contribution in [1.29, 1.82) is 0 Å². The van der Waals surface area contributed by atoms with Gasteiger partial charge in [0.2, 0.25) is 0 Å². The van der Waals surface area contributed by atoms with Crippen LogP contribution in [0.2, 0.25) is 0 Å². The summed E-state index contributed by atoms with van der Waals surface area (Å²) in [6, 6.07) is -0.163. The number of hydrogen-bond donors (Lipinski definition) is 2. The zero-order chi connectivity index (χ0) is 12.0. The Bertz CT molecular complexity index is 329. The first-order valence-electron chi connectivity index (χ1n) is 5.34. The Balaban J connectivity index is 1.84. The molecule has 6 heteroatoms. The maximum atomic E-state index is 11.6. The molecule has 0 radical (unpaired) electrons. The van der Waals surface area contributed by atoms with E-state index in [9.17, 15) is 9.59 Å². The van der Waals surface area contributed by atoms with Gasteiger partial charge in [0, 0.05) is 6.54 Å². The summed E-state index contributed by atoms with van der Waals surface area (Å²) in [5.74, 6) is 0. The van der Waals surface area contributed by atoms with Crippen LogP contribution >= 0.6 is 0 Å². The molecule has 0 atom stereocenters. The number of likely N-dealkylation sites (tertiary alicyclic amines) is 1. The summed E-state index contributed by atoms with van der Waals surface area (Å²) in [6.07, 6.45) is -0.320. The molecular formula is C10H17N3O3. The lowest BCUT2D eigenvalue weighted by Gasteiger charge is -2.46. The van der Waals surface area contributed by atoms with Crippen molar-refractivity contribution in [1.82, 2.24) is 15.5 Å². The fraction of sp³-hybridized carbons (Fsp3) is 0.800. The van der Waals surface area contributed by atoms with Crippen molar-refractivity contribution < 1.29 is 14.3 Å². The molecule has 0 aromatic rings. The van der Waals surface area contributed by atoms with Gasteiger partial charge in [-0.3, -0.25) is 0 Å². The third kappa shape index (κ3) is 2.05. The predicted octanol–water partition coefficient (Wildman–Crippen LogP) is 0.289. The fourth-order valence-corrected chi connectivity index (χ4v) is 1.91. The molecule has 16 heavy (non-hydrogen) atoms. The van der Waals surface area contributed by atoms with Crippen molar-refractivity contribution in [2.75, 3.05) is 19.6 Å². The summed E-state index contributed by atoms with van der Waals surface area (Å²) in [4.78, 5) is 24.2. The lowest BCUT2D eigenvalue weighted by atomic mass is 9.91. The van der Waals surface area contributed by atoms with Gasteiger partial charge in [-0.05, 0) is 20.8 Å². The average molecular weight is 227 g/mol. The van der Waals surface area contributed by atoms with E-state index in [-0.39, 0.29) is 17.7 Å². The van der Waals surface area contributed by atoms with Crippen LogP contribution in [-0.4, -0.2) is 47.8 Å². The molecule has 2 N–H and O–H groups in total. The summed E-state index contributed by atoms with van der Waals surface area (Å²) in [5, 5.41) is 5.51. The van der Waals surface area contributed by atoms with Gasteiger partial charge in [0.15, 0.2) is 0 Å². The highest BCUT2D eigenvalue weighted by Crippen LogP contribution is 2.24. The Morgan fingerprint density at radius 2 is 2.06 bits per heavy atom. The molecule has 2 rings (SSSR count). The van der Waals surface area contributed by atoms with Crippen molar-refractivity contribution in [3.05, 3.63) is 0 Å². The number of amides is 3. The summed E-state index contributed by atoms with van der Waals surface area (Å²) in [5.41, 5.74) is -0.745. The van der Waals surface area contributed by atoms with Crippen LogP contribution in [0.15, 0.2) is 0 Å². The first kappa shape index (κ1) is 11.0. The van der Waals surface area contributed by atoms with Crippen LogP contribution < -0.4 is 10.6 Å². The van der Waals surface area contributed by atoms with E-state index < -0.39 is 5.60 Å². The molecule has 2 saturated heterocycles. The van der Waals surface area contributed by atoms with Crippen LogP contribution in [0.25, 0.3) is 0 Å². The van der Waals surface area contributed by atoms with Crippen LogP contribution in [0, 0.1) is 0 Å². The number of urea groups is 1. The number of carbonyl (C=O) groups excluding carboxylic acids is 2. The molecule has 0 aromatic heterocycles. The lowest BCUT2D eigenvalue weighted by Crippen LogP contribution is -2.70. The van der Waals surface area contributed by atoms with Gasteiger partial charge in [-0.25, -0.2) is 9.59 Å². The van der Waals surface area contributed by atoms with Gasteiger partial charge in [-0.1, -0.05) is 0 Å². The normalized spacial score (nSPS) is 22.4. The number of nitrogens with one attached hydrogen (secondary N) is 2. The highest BCUT2D eigenvalue weighted by atomic mass is 16.6. The second-order valence-corrected chi connectivity index (χ2v) is 5.42. The van der Waals surface area contributed by atoms with Crippen LogP contribution in [0.5, 0.6) is 0 Å². The van der Waals surface area contributed by atoms with E-state index in [0.717, 1.165) is 0 Å². The topological polar surface area (TPSA) is 70.7 Å². The summed E-state index contributed by atoms with van der Waals surface area (Å²) in [7, 11) is 0. The Morgan fingerprint density at radius 1 is 1.44 bits per heavy atom. The molecule has 0 aliphatic carbocycles. The summed E-state index contributed by atoms with van der Waals surface area (Å²) in [6.45, 7) is 7.10. The number of rotatable bonds is 0. The molecule has 3 amide bonds. The monoisotopic (exact) mass is 227 g/mol. The molecule has 0 aromatic carbocycles. The molecule has 2 aliphatic heterocycles. The van der Waals surface area contributed by atoms with Crippen molar-refractivity contribution in [2.45, 2.75) is 31.9 Å². The van der Waals surface area contributed by atoms with Gasteiger partial charge in [0.25, 0.3) is 0 Å². The lowest BCUT2D eigenvalue weighted by molar-refractivity contribution is -0.00884. The van der Waals surface area contributed by atoms with Gasteiger partial charge >= 0.3 is 12.1 Å². The molecular weight excluding hydrogens is 210 g/mol. The standard InChI is InChI=1S/C10H17N3O3/c1-9(2,3)16-8(15)13-5-10(6-13)4-11-7(14)12-10/h4-6H2,1-3H3,(H2,11,12,14). The van der Waals surface area contributed by atoms with Crippen LogP contribution in [-0.2, 0) is 4.74 Å². The largest absolute Gasteiger partial charge is 0.444 e. The van der Waals surface area contributed by atoms with Gasteiger partial charge in [-0.2, -0.15) is 0 Å². The fourth-order valence-electron chi connectivity index (χ4n) is 1.91. The Morgan fingerprint density at radius 3 is 2.50 bits per heavy atom. The summed E-state index contributed by atoms with van der Waals surface area (Å²) < 4.78 is 5.23. The maximum Gasteiger partial charge on any atom is 0.410 e. The maximum absolute atomic E-state index is 11.6. The van der Waals surface area contributed by atoms with E-state index >= 15 is 0 Å². The number of ether oxygens (including phenoxy) is 1. The molecule has 2 fully saturated rings. The minimum absolute atomic E-state index is 0.163. The minimum atomic E-state index is -0.475. The molecule has 90 valence electrons. The van der Waals surface area contributed by atoms with E-state index in [4.69, 9.17) is 4.74 Å². The second-order valence-electron chi connectivity index (χ2n) is 5.42. The number of nitrogens with zero attached hydrogens (tertiary/aromatic N) is 1. The van der Waals surface area contributed by atoms with Gasteiger partial charge in [-0.15, -0.1) is 0 Å². The molecule has 0 unspecified atom stereocenters. The Kier molecular flexibility index (Phi) is 2.25. The molecule has 0 saturated carbocycles. The van der Waals surface area contributed by atoms with E-state index in [1.165, 1.54) is 0 Å². The third-order valence-corrected chi connectivity index (χ3v) is 2.60. The van der Waals surface area contributed by atoms with Crippen molar-refractivity contribution in [2.24, 2.45) is 0 Å². The zero-order valence-electron chi connectivity index (χ0n) is 9.79. The van der Waals surface area contributed by atoms with Crippen LogP contribution in [0.4, 0.5) is 9.59 Å². The first-order valence-corrected chi connectivity index (χ1v) is 5.34. The highest BCUT2D eigenvalue weighted by Gasteiger charge is 2.50. The van der Waals surface area contributed by atoms with E-state index in [2.05, 4.69) is 10.6 Å². The third-order valence-electron chi connectivity index (χ3n) is 2.60. The van der Waals surface area contributed by atoms with E-state index in [1.54, 1.807) is 4.90 Å². The Labute approximate surface area is 94.3 Å². The quantitative estimate of drug-likeness (QED) is 0.625. The van der Waals surface area contributed by atoms with Gasteiger partial charge < -0.3 is 20.3 Å².